The molecule has 8 nitrogen and oxygen atoms in total. The van der Waals surface area contributed by atoms with Gasteiger partial charge in [0.15, 0.2) is 5.69 Å². The molecule has 29 heavy (non-hydrogen) atoms. The number of anilines is 2. The van der Waals surface area contributed by atoms with Gasteiger partial charge in [-0.2, -0.15) is 0 Å². The van der Waals surface area contributed by atoms with Crippen molar-refractivity contribution >= 4 is 33.3 Å². The van der Waals surface area contributed by atoms with Crippen molar-refractivity contribution in [2.45, 2.75) is 32.9 Å². The monoisotopic (exact) mass is 460 g/mol. The first-order valence-electron chi connectivity index (χ1n) is 9.15. The fraction of sp³-hybridized carbons (Fsp3) is 0.250. The van der Waals surface area contributed by atoms with Gasteiger partial charge in [-0.15, -0.1) is 0 Å². The van der Waals surface area contributed by atoms with E-state index in [1.807, 2.05) is 6.92 Å². The number of rotatable bonds is 7. The Morgan fingerprint density at radius 2 is 2.00 bits per heavy atom. The summed E-state index contributed by atoms with van der Waals surface area (Å²) in [6, 6.07) is 10.2. The van der Waals surface area contributed by atoms with E-state index in [1.165, 1.54) is 15.7 Å². The topological polar surface area (TPSA) is 114 Å². The molecule has 1 aromatic carbocycles. The molecule has 0 unspecified atom stereocenters. The van der Waals surface area contributed by atoms with Crippen molar-refractivity contribution < 1.29 is 9.21 Å². The van der Waals surface area contributed by atoms with Gasteiger partial charge in [0.2, 0.25) is 0 Å². The van der Waals surface area contributed by atoms with Crippen LogP contribution in [0.2, 0.25) is 0 Å². The van der Waals surface area contributed by atoms with Crippen LogP contribution in [0, 0.1) is 0 Å². The number of unbranched alkanes of at least 4 members (excludes halogenated alkanes) is 1. The average Bonchev–Trinajstić information content (AvgIpc) is 3.20. The lowest BCUT2D eigenvalue weighted by Crippen LogP contribution is -2.41. The van der Waals surface area contributed by atoms with Crippen molar-refractivity contribution in [3.63, 3.8) is 0 Å². The predicted molar refractivity (Wildman–Crippen MR) is 114 cm³/mol. The molecule has 1 amide bonds. The first-order chi connectivity index (χ1) is 13.9. The number of halogens is 1. The lowest BCUT2D eigenvalue weighted by molar-refractivity contribution is 0.0982. The number of nitrogens with one attached hydrogen (secondary N) is 1. The van der Waals surface area contributed by atoms with E-state index < -0.39 is 17.2 Å². The van der Waals surface area contributed by atoms with Crippen molar-refractivity contribution in [1.82, 2.24) is 9.55 Å². The first kappa shape index (κ1) is 20.7. The molecule has 2 aromatic heterocycles. The van der Waals surface area contributed by atoms with Gasteiger partial charge in [-0.1, -0.05) is 25.5 Å². The number of furan rings is 1. The minimum atomic E-state index is -0.729. The number of benzene rings is 1. The van der Waals surface area contributed by atoms with E-state index in [1.54, 1.807) is 36.4 Å². The molecular weight excluding hydrogens is 440 g/mol. The molecule has 0 aliphatic carbocycles. The van der Waals surface area contributed by atoms with Crippen LogP contribution < -0.4 is 21.9 Å². The van der Waals surface area contributed by atoms with Crippen molar-refractivity contribution in [3.05, 3.63) is 79.3 Å². The highest BCUT2D eigenvalue weighted by atomic mass is 79.9. The molecule has 0 aliphatic heterocycles. The van der Waals surface area contributed by atoms with E-state index in [0.717, 1.165) is 6.42 Å². The zero-order valence-corrected chi connectivity index (χ0v) is 17.4. The van der Waals surface area contributed by atoms with Crippen molar-refractivity contribution in [3.8, 4) is 0 Å². The number of hydrogen-bond donors (Lipinski definition) is 2. The van der Waals surface area contributed by atoms with Gasteiger partial charge in [-0.3, -0.25) is 24.0 Å². The second-order valence-corrected chi connectivity index (χ2v) is 7.30. The molecule has 0 saturated carbocycles. The Balaban J connectivity index is 2.16. The standard InChI is InChI=1S/C20H21BrN4O4/c1-2-3-10-24-17(22)16(18(26)23-20(24)28)25(12-13-7-6-11-29-13)19(27)14-8-4-5-9-15(14)21/h4-9,11H,2-3,10,12,22H2,1H3,(H,23,26,28). The van der Waals surface area contributed by atoms with Crippen LogP contribution in [0.4, 0.5) is 11.5 Å². The Labute approximate surface area is 175 Å². The highest BCUT2D eigenvalue weighted by Gasteiger charge is 2.27. The second-order valence-electron chi connectivity index (χ2n) is 6.45. The number of aromatic nitrogens is 2. The normalized spacial score (nSPS) is 10.8. The highest BCUT2D eigenvalue weighted by molar-refractivity contribution is 9.10. The van der Waals surface area contributed by atoms with Crippen LogP contribution in [0.15, 0.2) is 61.1 Å². The van der Waals surface area contributed by atoms with E-state index in [9.17, 15) is 14.4 Å². The van der Waals surface area contributed by atoms with Gasteiger partial charge in [0.25, 0.3) is 11.5 Å². The summed E-state index contributed by atoms with van der Waals surface area (Å²) in [5, 5.41) is 0. The molecule has 3 N–H and O–H groups in total. The van der Waals surface area contributed by atoms with Gasteiger partial charge in [0, 0.05) is 11.0 Å². The Hall–Kier alpha value is -3.07. The Morgan fingerprint density at radius 1 is 1.24 bits per heavy atom. The minimum Gasteiger partial charge on any atom is -0.467 e. The first-order valence-corrected chi connectivity index (χ1v) is 9.94. The molecule has 0 fully saturated rings. The maximum absolute atomic E-state index is 13.4. The third kappa shape index (κ3) is 4.34. The van der Waals surface area contributed by atoms with Crippen LogP contribution >= 0.6 is 15.9 Å². The Morgan fingerprint density at radius 3 is 2.66 bits per heavy atom. The maximum Gasteiger partial charge on any atom is 0.330 e. The Bertz CT molecular complexity index is 1120. The summed E-state index contributed by atoms with van der Waals surface area (Å²) in [6.45, 7) is 2.29. The fourth-order valence-corrected chi connectivity index (χ4v) is 3.42. The molecule has 0 aliphatic rings. The van der Waals surface area contributed by atoms with Crippen LogP contribution in [-0.4, -0.2) is 15.5 Å². The Kier molecular flexibility index (Phi) is 6.38. The van der Waals surface area contributed by atoms with Crippen LogP contribution in [-0.2, 0) is 13.1 Å². The van der Waals surface area contributed by atoms with E-state index >= 15 is 0 Å². The van der Waals surface area contributed by atoms with Crippen LogP contribution in [0.5, 0.6) is 0 Å². The van der Waals surface area contributed by atoms with E-state index in [4.69, 9.17) is 10.2 Å². The molecule has 3 aromatic rings. The fourth-order valence-electron chi connectivity index (χ4n) is 2.97. The largest absolute Gasteiger partial charge is 0.467 e. The summed E-state index contributed by atoms with van der Waals surface area (Å²) < 4.78 is 7.23. The molecule has 0 saturated heterocycles. The molecule has 0 spiro atoms. The van der Waals surface area contributed by atoms with E-state index in [-0.39, 0.29) is 18.1 Å². The van der Waals surface area contributed by atoms with Gasteiger partial charge < -0.3 is 10.2 Å². The van der Waals surface area contributed by atoms with Crippen LogP contribution in [0.3, 0.4) is 0 Å². The highest BCUT2D eigenvalue weighted by Crippen LogP contribution is 2.25. The molecule has 0 atom stereocenters. The third-order valence-corrected chi connectivity index (χ3v) is 5.15. The predicted octanol–water partition coefficient (Wildman–Crippen LogP) is 3.12. The summed E-state index contributed by atoms with van der Waals surface area (Å²) in [4.78, 5) is 41.8. The van der Waals surface area contributed by atoms with Crippen LogP contribution in [0.25, 0.3) is 0 Å². The molecule has 152 valence electrons. The molecule has 0 bridgehead atoms. The SMILES string of the molecule is CCCCn1c(N)c(N(Cc2ccco2)C(=O)c2ccccc2Br)c(=O)[nH]c1=O. The molecule has 9 heteroatoms. The van der Waals surface area contributed by atoms with Crippen molar-refractivity contribution in [2.24, 2.45) is 0 Å². The quantitative estimate of drug-likeness (QED) is 0.561. The number of carbonyl (C=O) groups excluding carboxylic acids is 1. The van der Waals surface area contributed by atoms with Gasteiger partial charge in [-0.25, -0.2) is 4.79 Å². The summed E-state index contributed by atoms with van der Waals surface area (Å²) >= 11 is 3.37. The lowest BCUT2D eigenvalue weighted by Gasteiger charge is -2.24. The lowest BCUT2D eigenvalue weighted by atomic mass is 10.2. The number of aromatic amines is 1. The number of nitrogen functional groups attached to an aromatic ring is 1. The van der Waals surface area contributed by atoms with Gasteiger partial charge >= 0.3 is 5.69 Å². The van der Waals surface area contributed by atoms with Gasteiger partial charge in [0.05, 0.1) is 18.4 Å². The zero-order chi connectivity index (χ0) is 21.0. The van der Waals surface area contributed by atoms with Crippen molar-refractivity contribution in [1.29, 1.82) is 0 Å². The average molecular weight is 461 g/mol. The molecular formula is C20H21BrN4O4. The number of carbonyl (C=O) groups is 1. The summed E-state index contributed by atoms with van der Waals surface area (Å²) in [5.74, 6) is -0.0403. The number of amides is 1. The second kappa shape index (κ2) is 8.95. The molecule has 2 heterocycles. The van der Waals surface area contributed by atoms with Gasteiger partial charge in [0.1, 0.15) is 11.6 Å². The minimum absolute atomic E-state index is 0.0214. The number of H-pyrrole nitrogens is 1. The van der Waals surface area contributed by atoms with Gasteiger partial charge in [-0.05, 0) is 46.6 Å². The summed E-state index contributed by atoms with van der Waals surface area (Å²) in [7, 11) is 0. The summed E-state index contributed by atoms with van der Waals surface area (Å²) in [6.07, 6.45) is 3.02. The number of hydrogen-bond acceptors (Lipinski definition) is 5. The van der Waals surface area contributed by atoms with Crippen molar-refractivity contribution in [2.75, 3.05) is 10.6 Å². The number of nitrogens with zero attached hydrogens (tertiary/aromatic N) is 2. The third-order valence-electron chi connectivity index (χ3n) is 4.46. The smallest absolute Gasteiger partial charge is 0.330 e. The van der Waals surface area contributed by atoms with E-state index in [0.29, 0.717) is 28.8 Å². The number of nitrogens with two attached hydrogens (primary N) is 1. The zero-order valence-electron chi connectivity index (χ0n) is 15.9. The molecule has 0 radical (unpaired) electrons. The summed E-state index contributed by atoms with van der Waals surface area (Å²) in [5.41, 5.74) is 5.15. The molecule has 3 rings (SSSR count). The van der Waals surface area contributed by atoms with Crippen LogP contribution in [0.1, 0.15) is 35.9 Å². The van der Waals surface area contributed by atoms with E-state index in [2.05, 4.69) is 20.9 Å². The maximum atomic E-state index is 13.4.